The molecule has 0 aromatic carbocycles. The summed E-state index contributed by atoms with van der Waals surface area (Å²) in [5.41, 5.74) is -0.491. The van der Waals surface area contributed by atoms with Gasteiger partial charge in [-0.15, -0.1) is 0 Å². The van der Waals surface area contributed by atoms with Gasteiger partial charge in [0, 0.05) is 26.0 Å². The van der Waals surface area contributed by atoms with Crippen LogP contribution < -0.4 is 10.6 Å². The third-order valence-electron chi connectivity index (χ3n) is 3.55. The van der Waals surface area contributed by atoms with Gasteiger partial charge in [-0.25, -0.2) is 0 Å². The fourth-order valence-corrected chi connectivity index (χ4v) is 2.43. The first-order chi connectivity index (χ1) is 8.55. The minimum Gasteiger partial charge on any atom is -0.378 e. The minimum absolute atomic E-state index is 0.0479. The molecule has 0 aromatic heterocycles. The number of guanidine groups is 1. The summed E-state index contributed by atoms with van der Waals surface area (Å²) in [6, 6.07) is 0. The van der Waals surface area contributed by atoms with Crippen molar-refractivity contribution in [2.45, 2.75) is 51.7 Å². The minimum atomic E-state index is -0.491. The number of nitrogens with one attached hydrogen (secondary N) is 2. The SMILES string of the molecule is CCC1CC2(CCO1)NC(=NCC(C)C)NC2=O. The first kappa shape index (κ1) is 13.3. The quantitative estimate of drug-likeness (QED) is 0.790. The van der Waals surface area contributed by atoms with E-state index in [4.69, 9.17) is 4.74 Å². The van der Waals surface area contributed by atoms with Crippen LogP contribution in [0.15, 0.2) is 4.99 Å². The molecule has 2 unspecified atom stereocenters. The van der Waals surface area contributed by atoms with Crippen LogP contribution in [0.2, 0.25) is 0 Å². The number of amides is 1. The second-order valence-corrected chi connectivity index (χ2v) is 5.60. The maximum absolute atomic E-state index is 12.2. The number of ether oxygens (including phenoxy) is 1. The monoisotopic (exact) mass is 253 g/mol. The number of aliphatic imine (C=N–C) groups is 1. The Kier molecular flexibility index (Phi) is 3.90. The van der Waals surface area contributed by atoms with Crippen LogP contribution in [0.25, 0.3) is 0 Å². The lowest BCUT2D eigenvalue weighted by Crippen LogP contribution is -2.53. The highest BCUT2D eigenvalue weighted by molar-refractivity contribution is 6.09. The van der Waals surface area contributed by atoms with Crippen molar-refractivity contribution in [1.29, 1.82) is 0 Å². The standard InChI is InChI=1S/C13H23N3O2/c1-4-10-7-13(5-6-18-10)11(17)15-12(16-13)14-8-9(2)3/h9-10H,4-8H2,1-3H3,(H2,14,15,16,17). The van der Waals surface area contributed by atoms with Crippen molar-refractivity contribution in [3.8, 4) is 0 Å². The molecule has 2 heterocycles. The normalized spacial score (nSPS) is 34.1. The predicted molar refractivity (Wildman–Crippen MR) is 70.4 cm³/mol. The molecule has 1 spiro atoms. The molecule has 2 saturated heterocycles. The number of hydrogen-bond donors (Lipinski definition) is 2. The lowest BCUT2D eigenvalue weighted by molar-refractivity contribution is -0.129. The molecule has 2 aliphatic heterocycles. The fraction of sp³-hybridized carbons (Fsp3) is 0.846. The van der Waals surface area contributed by atoms with Gasteiger partial charge in [0.1, 0.15) is 5.54 Å². The van der Waals surface area contributed by atoms with E-state index in [0.717, 1.165) is 25.8 Å². The van der Waals surface area contributed by atoms with Gasteiger partial charge in [0.25, 0.3) is 5.91 Å². The average Bonchev–Trinajstić information content (AvgIpc) is 2.63. The van der Waals surface area contributed by atoms with E-state index in [2.05, 4.69) is 36.4 Å². The van der Waals surface area contributed by atoms with Gasteiger partial charge in [0.05, 0.1) is 6.10 Å². The highest BCUT2D eigenvalue weighted by Crippen LogP contribution is 2.29. The van der Waals surface area contributed by atoms with Crippen LogP contribution in [0, 0.1) is 5.92 Å². The fourth-order valence-electron chi connectivity index (χ4n) is 2.43. The van der Waals surface area contributed by atoms with Crippen molar-refractivity contribution in [3.63, 3.8) is 0 Å². The van der Waals surface area contributed by atoms with E-state index in [1.165, 1.54) is 0 Å². The molecule has 18 heavy (non-hydrogen) atoms. The Balaban J connectivity index is 2.06. The van der Waals surface area contributed by atoms with E-state index in [0.29, 0.717) is 18.5 Å². The number of nitrogens with zero attached hydrogens (tertiary/aromatic N) is 1. The zero-order chi connectivity index (χ0) is 13.2. The van der Waals surface area contributed by atoms with Crippen LogP contribution in [0.1, 0.15) is 40.0 Å². The molecular formula is C13H23N3O2. The summed E-state index contributed by atoms with van der Waals surface area (Å²) in [7, 11) is 0. The lowest BCUT2D eigenvalue weighted by atomic mass is 9.86. The van der Waals surface area contributed by atoms with Crippen molar-refractivity contribution in [2.24, 2.45) is 10.9 Å². The molecule has 2 N–H and O–H groups in total. The van der Waals surface area contributed by atoms with Crippen molar-refractivity contribution >= 4 is 11.9 Å². The Morgan fingerprint density at radius 2 is 2.33 bits per heavy atom. The summed E-state index contributed by atoms with van der Waals surface area (Å²) in [5.74, 6) is 1.17. The van der Waals surface area contributed by atoms with Crippen molar-refractivity contribution in [2.75, 3.05) is 13.2 Å². The molecular weight excluding hydrogens is 230 g/mol. The molecule has 5 nitrogen and oxygen atoms in total. The summed E-state index contributed by atoms with van der Waals surface area (Å²) in [4.78, 5) is 16.6. The van der Waals surface area contributed by atoms with E-state index in [9.17, 15) is 4.79 Å². The van der Waals surface area contributed by atoms with Crippen molar-refractivity contribution < 1.29 is 9.53 Å². The number of carbonyl (C=O) groups excluding carboxylic acids is 1. The molecule has 5 heteroatoms. The molecule has 0 saturated carbocycles. The topological polar surface area (TPSA) is 62.7 Å². The van der Waals surface area contributed by atoms with Gasteiger partial charge in [-0.1, -0.05) is 20.8 Å². The molecule has 2 rings (SSSR count). The van der Waals surface area contributed by atoms with Crippen molar-refractivity contribution in [3.05, 3.63) is 0 Å². The van der Waals surface area contributed by atoms with Gasteiger partial charge in [-0.3, -0.25) is 15.1 Å². The molecule has 2 fully saturated rings. The average molecular weight is 253 g/mol. The Labute approximate surface area is 108 Å². The van der Waals surface area contributed by atoms with Gasteiger partial charge >= 0.3 is 0 Å². The number of rotatable bonds is 3. The second-order valence-electron chi connectivity index (χ2n) is 5.60. The molecule has 0 aromatic rings. The third-order valence-corrected chi connectivity index (χ3v) is 3.55. The molecule has 1 amide bonds. The zero-order valence-corrected chi connectivity index (χ0v) is 11.5. The van der Waals surface area contributed by atoms with E-state index in [1.807, 2.05) is 0 Å². The van der Waals surface area contributed by atoms with Crippen LogP contribution in [0.4, 0.5) is 0 Å². The number of hydrogen-bond acceptors (Lipinski definition) is 3. The zero-order valence-electron chi connectivity index (χ0n) is 11.5. The predicted octanol–water partition coefficient (Wildman–Crippen LogP) is 1.05. The van der Waals surface area contributed by atoms with Gasteiger partial charge in [-0.2, -0.15) is 0 Å². The molecule has 0 aliphatic carbocycles. The van der Waals surface area contributed by atoms with Crippen molar-refractivity contribution in [1.82, 2.24) is 10.6 Å². The van der Waals surface area contributed by atoms with Gasteiger partial charge < -0.3 is 10.1 Å². The van der Waals surface area contributed by atoms with Gasteiger partial charge in [0.2, 0.25) is 0 Å². The Bertz CT molecular complexity index is 354. The first-order valence-electron chi connectivity index (χ1n) is 6.81. The third kappa shape index (κ3) is 2.66. The molecule has 102 valence electrons. The van der Waals surface area contributed by atoms with E-state index in [1.54, 1.807) is 0 Å². The summed E-state index contributed by atoms with van der Waals surface area (Å²) < 4.78 is 5.64. The Morgan fingerprint density at radius 1 is 1.56 bits per heavy atom. The summed E-state index contributed by atoms with van der Waals surface area (Å²) >= 11 is 0. The largest absolute Gasteiger partial charge is 0.378 e. The van der Waals surface area contributed by atoms with Crippen LogP contribution in [-0.4, -0.2) is 36.7 Å². The highest BCUT2D eigenvalue weighted by Gasteiger charge is 2.48. The second kappa shape index (κ2) is 5.26. The maximum atomic E-state index is 12.2. The molecule has 2 atom stereocenters. The lowest BCUT2D eigenvalue weighted by Gasteiger charge is -2.35. The molecule has 0 radical (unpaired) electrons. The molecule has 0 bridgehead atoms. The summed E-state index contributed by atoms with van der Waals surface area (Å²) in [6.45, 7) is 7.67. The van der Waals surface area contributed by atoms with E-state index in [-0.39, 0.29) is 12.0 Å². The van der Waals surface area contributed by atoms with E-state index >= 15 is 0 Å². The highest BCUT2D eigenvalue weighted by atomic mass is 16.5. The van der Waals surface area contributed by atoms with E-state index < -0.39 is 5.54 Å². The molecule has 2 aliphatic rings. The summed E-state index contributed by atoms with van der Waals surface area (Å²) in [5, 5.41) is 6.14. The Morgan fingerprint density at radius 3 is 3.00 bits per heavy atom. The first-order valence-corrected chi connectivity index (χ1v) is 6.81. The maximum Gasteiger partial charge on any atom is 0.252 e. The number of carbonyl (C=O) groups is 1. The summed E-state index contributed by atoms with van der Waals surface area (Å²) in [6.07, 6.45) is 2.56. The van der Waals surface area contributed by atoms with Crippen LogP contribution in [-0.2, 0) is 9.53 Å². The Hall–Kier alpha value is -1.10. The van der Waals surface area contributed by atoms with Crippen LogP contribution in [0.3, 0.4) is 0 Å². The smallest absolute Gasteiger partial charge is 0.252 e. The van der Waals surface area contributed by atoms with Gasteiger partial charge in [-0.05, 0) is 12.3 Å². The van der Waals surface area contributed by atoms with Crippen LogP contribution in [0.5, 0.6) is 0 Å². The van der Waals surface area contributed by atoms with Crippen LogP contribution >= 0.6 is 0 Å². The van der Waals surface area contributed by atoms with Gasteiger partial charge in [0.15, 0.2) is 5.96 Å².